The van der Waals surface area contributed by atoms with Gasteiger partial charge in [0.15, 0.2) is 11.5 Å². The predicted molar refractivity (Wildman–Crippen MR) is 102 cm³/mol. The number of carbonyl (C=O) groups is 2. The minimum Gasteiger partial charge on any atom is -0.493 e. The van der Waals surface area contributed by atoms with Gasteiger partial charge in [0.1, 0.15) is 5.75 Å². The van der Waals surface area contributed by atoms with E-state index >= 15 is 0 Å². The summed E-state index contributed by atoms with van der Waals surface area (Å²) in [6, 6.07) is 14.0. The molecule has 0 radical (unpaired) electrons. The molecule has 1 fully saturated rings. The van der Waals surface area contributed by atoms with Gasteiger partial charge in [0, 0.05) is 18.8 Å². The SMILES string of the molecule is COc1ccccc1Oc1ccc(NC(=O)[C@H]2CCCN(C(N)=O)C2)cc1. The zero-order valence-corrected chi connectivity index (χ0v) is 15.2. The van der Waals surface area contributed by atoms with E-state index in [2.05, 4.69) is 5.32 Å². The zero-order valence-electron chi connectivity index (χ0n) is 15.2. The maximum atomic E-state index is 12.5. The number of rotatable bonds is 5. The fourth-order valence-corrected chi connectivity index (χ4v) is 3.07. The summed E-state index contributed by atoms with van der Waals surface area (Å²) in [7, 11) is 1.59. The molecule has 1 aliphatic rings. The molecule has 0 bridgehead atoms. The molecule has 3 N–H and O–H groups in total. The maximum Gasteiger partial charge on any atom is 0.314 e. The molecule has 2 aromatic rings. The summed E-state index contributed by atoms with van der Waals surface area (Å²) >= 11 is 0. The Morgan fingerprint density at radius 1 is 1.11 bits per heavy atom. The number of anilines is 1. The number of hydrogen-bond acceptors (Lipinski definition) is 4. The van der Waals surface area contributed by atoms with Crippen molar-refractivity contribution in [1.29, 1.82) is 0 Å². The van der Waals surface area contributed by atoms with Crippen LogP contribution in [0.25, 0.3) is 0 Å². The second-order valence-electron chi connectivity index (χ2n) is 6.39. The van der Waals surface area contributed by atoms with Gasteiger partial charge in [-0.3, -0.25) is 4.79 Å². The number of piperidine rings is 1. The molecule has 3 rings (SSSR count). The van der Waals surface area contributed by atoms with Crippen LogP contribution in [0.3, 0.4) is 0 Å². The van der Waals surface area contributed by atoms with E-state index in [1.54, 1.807) is 31.4 Å². The third kappa shape index (κ3) is 4.69. The molecule has 0 spiro atoms. The number of primary amides is 1. The first-order valence-electron chi connectivity index (χ1n) is 8.83. The maximum absolute atomic E-state index is 12.5. The normalized spacial score (nSPS) is 16.5. The van der Waals surface area contributed by atoms with Gasteiger partial charge in [0.25, 0.3) is 0 Å². The summed E-state index contributed by atoms with van der Waals surface area (Å²) in [5.41, 5.74) is 5.99. The van der Waals surface area contributed by atoms with Gasteiger partial charge in [-0.2, -0.15) is 0 Å². The molecule has 7 nitrogen and oxygen atoms in total. The van der Waals surface area contributed by atoms with Crippen LogP contribution in [0.15, 0.2) is 48.5 Å². The average molecular weight is 369 g/mol. The van der Waals surface area contributed by atoms with Crippen LogP contribution >= 0.6 is 0 Å². The van der Waals surface area contributed by atoms with Crippen molar-refractivity contribution >= 4 is 17.6 Å². The number of urea groups is 1. The van der Waals surface area contributed by atoms with E-state index < -0.39 is 6.03 Å². The summed E-state index contributed by atoms with van der Waals surface area (Å²) in [5, 5.41) is 2.89. The first-order chi connectivity index (χ1) is 13.1. The molecule has 142 valence electrons. The Morgan fingerprint density at radius 3 is 2.48 bits per heavy atom. The monoisotopic (exact) mass is 369 g/mol. The van der Waals surface area contributed by atoms with E-state index in [0.717, 1.165) is 12.8 Å². The van der Waals surface area contributed by atoms with Crippen LogP contribution in [0.4, 0.5) is 10.5 Å². The fourth-order valence-electron chi connectivity index (χ4n) is 3.07. The third-order valence-corrected chi connectivity index (χ3v) is 4.52. The smallest absolute Gasteiger partial charge is 0.314 e. The number of amides is 3. The van der Waals surface area contributed by atoms with Gasteiger partial charge in [0.05, 0.1) is 13.0 Å². The zero-order chi connectivity index (χ0) is 19.2. The molecule has 27 heavy (non-hydrogen) atoms. The fraction of sp³-hybridized carbons (Fsp3) is 0.300. The van der Waals surface area contributed by atoms with Gasteiger partial charge in [-0.1, -0.05) is 12.1 Å². The number of nitrogens with two attached hydrogens (primary N) is 1. The van der Waals surface area contributed by atoms with Crippen molar-refractivity contribution in [1.82, 2.24) is 4.90 Å². The standard InChI is InChI=1S/C20H23N3O4/c1-26-17-6-2-3-7-18(17)27-16-10-8-15(9-11-16)22-19(24)14-5-4-12-23(13-14)20(21)25/h2-3,6-11,14H,4-5,12-13H2,1H3,(H2,21,25)(H,22,24)/t14-/m0/s1. The lowest BCUT2D eigenvalue weighted by Gasteiger charge is -2.30. The highest BCUT2D eigenvalue weighted by atomic mass is 16.5. The number of hydrogen-bond donors (Lipinski definition) is 2. The minimum atomic E-state index is -0.481. The van der Waals surface area contributed by atoms with Crippen LogP contribution in [0.1, 0.15) is 12.8 Å². The van der Waals surface area contributed by atoms with Gasteiger partial charge >= 0.3 is 6.03 Å². The number of ether oxygens (including phenoxy) is 2. The van der Waals surface area contributed by atoms with Crippen molar-refractivity contribution in [2.75, 3.05) is 25.5 Å². The lowest BCUT2D eigenvalue weighted by atomic mass is 9.97. The summed E-state index contributed by atoms with van der Waals surface area (Å²) in [4.78, 5) is 25.3. The van der Waals surface area contributed by atoms with Crippen molar-refractivity contribution in [3.8, 4) is 17.2 Å². The molecule has 7 heteroatoms. The number of benzene rings is 2. The molecule has 0 unspecified atom stereocenters. The molecular weight excluding hydrogens is 346 g/mol. The molecule has 1 heterocycles. The predicted octanol–water partition coefficient (Wildman–Crippen LogP) is 3.22. The van der Waals surface area contributed by atoms with Crippen LogP contribution in [-0.2, 0) is 4.79 Å². The number of nitrogens with zero attached hydrogens (tertiary/aromatic N) is 1. The molecule has 1 saturated heterocycles. The number of nitrogens with one attached hydrogen (secondary N) is 1. The number of methoxy groups -OCH3 is 1. The summed E-state index contributed by atoms with van der Waals surface area (Å²) in [6.07, 6.45) is 1.51. The Balaban J connectivity index is 1.60. The Bertz CT molecular complexity index is 807. The topological polar surface area (TPSA) is 93.9 Å². The number of carbonyl (C=O) groups excluding carboxylic acids is 2. The van der Waals surface area contributed by atoms with Crippen LogP contribution in [0.2, 0.25) is 0 Å². The largest absolute Gasteiger partial charge is 0.493 e. The Morgan fingerprint density at radius 2 is 1.81 bits per heavy atom. The van der Waals surface area contributed by atoms with Gasteiger partial charge in [0.2, 0.25) is 5.91 Å². The molecule has 1 aliphatic heterocycles. The first-order valence-corrected chi connectivity index (χ1v) is 8.83. The van der Waals surface area contributed by atoms with Crippen LogP contribution in [0, 0.1) is 5.92 Å². The van der Waals surface area contributed by atoms with Crippen molar-refractivity contribution in [3.05, 3.63) is 48.5 Å². The highest BCUT2D eigenvalue weighted by Gasteiger charge is 2.27. The Labute approximate surface area is 158 Å². The highest BCUT2D eigenvalue weighted by Crippen LogP contribution is 2.31. The van der Waals surface area contributed by atoms with E-state index in [4.69, 9.17) is 15.2 Å². The molecule has 0 aromatic heterocycles. The number of para-hydroxylation sites is 2. The Kier molecular flexibility index (Phi) is 5.80. The van der Waals surface area contributed by atoms with Crippen LogP contribution in [0.5, 0.6) is 17.2 Å². The van der Waals surface area contributed by atoms with E-state index in [1.807, 2.05) is 24.3 Å². The second kappa shape index (κ2) is 8.44. The molecule has 1 atom stereocenters. The molecule has 0 saturated carbocycles. The van der Waals surface area contributed by atoms with Crippen molar-refractivity contribution < 1.29 is 19.1 Å². The van der Waals surface area contributed by atoms with Crippen LogP contribution < -0.4 is 20.5 Å². The molecule has 2 aromatic carbocycles. The van der Waals surface area contributed by atoms with Gasteiger partial charge in [-0.15, -0.1) is 0 Å². The van der Waals surface area contributed by atoms with Crippen molar-refractivity contribution in [3.63, 3.8) is 0 Å². The summed E-state index contributed by atoms with van der Waals surface area (Å²) in [6.45, 7) is 0.963. The van der Waals surface area contributed by atoms with Gasteiger partial charge < -0.3 is 25.4 Å². The highest BCUT2D eigenvalue weighted by molar-refractivity contribution is 5.93. The van der Waals surface area contributed by atoms with E-state index in [-0.39, 0.29) is 11.8 Å². The number of likely N-dealkylation sites (tertiary alicyclic amines) is 1. The molecular formula is C20H23N3O4. The van der Waals surface area contributed by atoms with Crippen LogP contribution in [-0.4, -0.2) is 37.0 Å². The minimum absolute atomic E-state index is 0.112. The second-order valence-corrected chi connectivity index (χ2v) is 6.39. The average Bonchev–Trinajstić information content (AvgIpc) is 2.70. The lowest BCUT2D eigenvalue weighted by molar-refractivity contribution is -0.121. The van der Waals surface area contributed by atoms with E-state index in [1.165, 1.54) is 4.90 Å². The lowest BCUT2D eigenvalue weighted by Crippen LogP contribution is -2.46. The Hall–Kier alpha value is -3.22. The van der Waals surface area contributed by atoms with Crippen molar-refractivity contribution in [2.45, 2.75) is 12.8 Å². The van der Waals surface area contributed by atoms with E-state index in [0.29, 0.717) is 36.0 Å². The van der Waals surface area contributed by atoms with Gasteiger partial charge in [-0.05, 0) is 49.2 Å². The molecule has 3 amide bonds. The van der Waals surface area contributed by atoms with Gasteiger partial charge in [-0.25, -0.2) is 4.79 Å². The summed E-state index contributed by atoms with van der Waals surface area (Å²) in [5.74, 6) is 1.53. The quantitative estimate of drug-likeness (QED) is 0.846. The van der Waals surface area contributed by atoms with E-state index in [9.17, 15) is 9.59 Å². The summed E-state index contributed by atoms with van der Waals surface area (Å²) < 4.78 is 11.1. The third-order valence-electron chi connectivity index (χ3n) is 4.52. The van der Waals surface area contributed by atoms with Crippen molar-refractivity contribution in [2.24, 2.45) is 11.7 Å². The first kappa shape index (κ1) is 18.6. The molecule has 0 aliphatic carbocycles.